The molecular formula is C42H40N2O2. The van der Waals surface area contributed by atoms with E-state index in [1.54, 1.807) is 0 Å². The van der Waals surface area contributed by atoms with E-state index in [2.05, 4.69) is 145 Å². The third-order valence-electron chi connectivity index (χ3n) is 8.04. The molecule has 46 heavy (non-hydrogen) atoms. The number of ether oxygens (including phenoxy) is 2. The summed E-state index contributed by atoms with van der Waals surface area (Å²) in [7, 11) is 0. The van der Waals surface area contributed by atoms with Gasteiger partial charge >= 0.3 is 0 Å². The highest BCUT2D eigenvalue weighted by atomic mass is 16.5. The second-order valence-corrected chi connectivity index (χ2v) is 11.1. The second-order valence-electron chi connectivity index (χ2n) is 11.1. The van der Waals surface area contributed by atoms with Crippen molar-refractivity contribution in [3.63, 3.8) is 0 Å². The average Bonchev–Trinajstić information content (AvgIpc) is 3.13. The van der Waals surface area contributed by atoms with Crippen molar-refractivity contribution >= 4 is 34.1 Å². The van der Waals surface area contributed by atoms with Gasteiger partial charge in [0.05, 0.1) is 0 Å². The maximum absolute atomic E-state index is 6.05. The number of rotatable bonds is 13. The Balaban J connectivity index is 1.08. The van der Waals surface area contributed by atoms with E-state index in [1.165, 1.54) is 11.1 Å². The molecule has 230 valence electrons. The molecule has 0 aliphatic rings. The molecule has 0 aliphatic heterocycles. The zero-order chi connectivity index (χ0) is 31.6. The largest absolute Gasteiger partial charge is 0.490 e. The van der Waals surface area contributed by atoms with Crippen LogP contribution >= 0.6 is 0 Å². The van der Waals surface area contributed by atoms with Gasteiger partial charge in [-0.1, -0.05) is 74.5 Å². The molecule has 0 saturated carbocycles. The van der Waals surface area contributed by atoms with Crippen molar-refractivity contribution in [2.24, 2.45) is 0 Å². The molecule has 0 atom stereocenters. The lowest BCUT2D eigenvalue weighted by molar-refractivity contribution is 0.217. The molecule has 0 amide bonds. The average molecular weight is 605 g/mol. The molecule has 6 aromatic carbocycles. The van der Waals surface area contributed by atoms with Crippen LogP contribution in [0, 0.1) is 0 Å². The van der Waals surface area contributed by atoms with E-state index in [-0.39, 0.29) is 0 Å². The van der Waals surface area contributed by atoms with E-state index < -0.39 is 0 Å². The lowest BCUT2D eigenvalue weighted by Crippen LogP contribution is -2.11. The zero-order valence-electron chi connectivity index (χ0n) is 26.6. The van der Waals surface area contributed by atoms with E-state index in [0.29, 0.717) is 13.2 Å². The summed E-state index contributed by atoms with van der Waals surface area (Å²) < 4.78 is 12.1. The molecule has 0 radical (unpaired) electrons. The highest BCUT2D eigenvalue weighted by molar-refractivity contribution is 5.78. The Hall–Kier alpha value is -5.48. The molecule has 0 unspecified atom stereocenters. The Morgan fingerprint density at radius 1 is 0.348 bits per heavy atom. The van der Waals surface area contributed by atoms with Crippen molar-refractivity contribution in [1.29, 1.82) is 0 Å². The molecule has 0 saturated heterocycles. The lowest BCUT2D eigenvalue weighted by Gasteiger charge is -2.26. The number of nitrogens with zero attached hydrogens (tertiary/aromatic N) is 2. The summed E-state index contributed by atoms with van der Waals surface area (Å²) in [5.41, 5.74) is 9.27. The first-order valence-corrected chi connectivity index (χ1v) is 16.1. The Labute approximate surface area is 273 Å². The van der Waals surface area contributed by atoms with Crippen molar-refractivity contribution in [1.82, 2.24) is 0 Å². The standard InChI is InChI=1S/C42H40N2O2/c1-3-33-15-19-37(20-16-33)43(35-11-7-5-8-12-35)39-23-27-41(28-24-39)45-31-32-46-42-29-25-40(26-30-42)44(36-13-9-6-10-14-36)38-21-17-34(4-2)18-22-38/h5-30H,3-4,31-32H2,1-2H3. The van der Waals surface area contributed by atoms with Crippen LogP contribution in [-0.2, 0) is 12.8 Å². The predicted molar refractivity (Wildman–Crippen MR) is 192 cm³/mol. The van der Waals surface area contributed by atoms with Gasteiger partial charge in [-0.25, -0.2) is 0 Å². The molecule has 0 bridgehead atoms. The highest BCUT2D eigenvalue weighted by Gasteiger charge is 2.14. The molecule has 6 aromatic rings. The number of para-hydroxylation sites is 2. The summed E-state index contributed by atoms with van der Waals surface area (Å²) in [6.45, 7) is 5.25. The molecule has 0 N–H and O–H groups in total. The van der Waals surface area contributed by atoms with E-state index in [9.17, 15) is 0 Å². The van der Waals surface area contributed by atoms with Gasteiger partial charge in [0.25, 0.3) is 0 Å². The lowest BCUT2D eigenvalue weighted by atomic mass is 10.1. The Morgan fingerprint density at radius 3 is 0.935 bits per heavy atom. The van der Waals surface area contributed by atoms with Gasteiger partial charge < -0.3 is 19.3 Å². The first-order chi connectivity index (χ1) is 22.7. The van der Waals surface area contributed by atoms with Gasteiger partial charge in [-0.3, -0.25) is 0 Å². The first-order valence-electron chi connectivity index (χ1n) is 16.1. The fraction of sp³-hybridized carbons (Fsp3) is 0.143. The van der Waals surface area contributed by atoms with Gasteiger partial charge in [-0.15, -0.1) is 0 Å². The van der Waals surface area contributed by atoms with Crippen LogP contribution in [0.5, 0.6) is 11.5 Å². The topological polar surface area (TPSA) is 24.9 Å². The van der Waals surface area contributed by atoms with Gasteiger partial charge in [0.2, 0.25) is 0 Å². The summed E-state index contributed by atoms with van der Waals surface area (Å²) in [5, 5.41) is 0. The second kappa shape index (κ2) is 15.0. The summed E-state index contributed by atoms with van der Waals surface area (Å²) in [4.78, 5) is 4.52. The Bertz CT molecular complexity index is 1630. The third-order valence-corrected chi connectivity index (χ3v) is 8.04. The molecular weight excluding hydrogens is 564 g/mol. The van der Waals surface area contributed by atoms with E-state index in [4.69, 9.17) is 9.47 Å². The highest BCUT2D eigenvalue weighted by Crippen LogP contribution is 2.36. The van der Waals surface area contributed by atoms with E-state index >= 15 is 0 Å². The van der Waals surface area contributed by atoms with Gasteiger partial charge in [-0.05, 0) is 121 Å². The minimum Gasteiger partial charge on any atom is -0.490 e. The van der Waals surface area contributed by atoms with Crippen LogP contribution in [0.2, 0.25) is 0 Å². The zero-order valence-corrected chi connectivity index (χ0v) is 26.6. The smallest absolute Gasteiger partial charge is 0.122 e. The summed E-state index contributed by atoms with van der Waals surface area (Å²) >= 11 is 0. The molecule has 6 rings (SSSR count). The minimum absolute atomic E-state index is 0.446. The molecule has 0 aliphatic carbocycles. The van der Waals surface area contributed by atoms with Gasteiger partial charge in [0.1, 0.15) is 24.7 Å². The number of benzene rings is 6. The van der Waals surface area contributed by atoms with Crippen LogP contribution in [0.4, 0.5) is 34.1 Å². The van der Waals surface area contributed by atoms with Crippen molar-refractivity contribution < 1.29 is 9.47 Å². The van der Waals surface area contributed by atoms with Crippen LogP contribution in [0.15, 0.2) is 158 Å². The summed E-state index contributed by atoms with van der Waals surface area (Å²) in [6.07, 6.45) is 2.04. The number of hydrogen-bond acceptors (Lipinski definition) is 4. The first kappa shape index (κ1) is 30.5. The van der Waals surface area contributed by atoms with Crippen LogP contribution in [0.3, 0.4) is 0 Å². The van der Waals surface area contributed by atoms with Crippen LogP contribution < -0.4 is 19.3 Å². The molecule has 0 aromatic heterocycles. The maximum atomic E-state index is 6.05. The van der Waals surface area contributed by atoms with Crippen LogP contribution in [0.1, 0.15) is 25.0 Å². The van der Waals surface area contributed by atoms with Crippen molar-refractivity contribution in [3.8, 4) is 11.5 Å². The predicted octanol–water partition coefficient (Wildman–Crippen LogP) is 11.2. The number of hydrogen-bond donors (Lipinski definition) is 0. The van der Waals surface area contributed by atoms with Crippen molar-refractivity contribution in [3.05, 3.63) is 169 Å². The van der Waals surface area contributed by atoms with Gasteiger partial charge in [0, 0.05) is 34.1 Å². The van der Waals surface area contributed by atoms with Crippen LogP contribution in [0.25, 0.3) is 0 Å². The van der Waals surface area contributed by atoms with E-state index in [1.807, 2.05) is 36.4 Å². The Kier molecular flexibility index (Phi) is 9.96. The third kappa shape index (κ3) is 7.41. The molecule has 0 fully saturated rings. The summed E-state index contributed by atoms with van der Waals surface area (Å²) in [5.74, 6) is 1.62. The maximum Gasteiger partial charge on any atom is 0.122 e. The molecule has 0 spiro atoms. The fourth-order valence-corrected chi connectivity index (χ4v) is 5.51. The fourth-order valence-electron chi connectivity index (χ4n) is 5.51. The van der Waals surface area contributed by atoms with E-state index in [0.717, 1.165) is 58.5 Å². The SMILES string of the molecule is CCc1ccc(N(c2ccccc2)c2ccc(OCCOc3ccc(N(c4ccccc4)c4ccc(CC)cc4)cc3)cc2)cc1. The molecule has 4 heteroatoms. The Morgan fingerprint density at radius 2 is 0.630 bits per heavy atom. The molecule has 0 heterocycles. The van der Waals surface area contributed by atoms with Crippen LogP contribution in [-0.4, -0.2) is 13.2 Å². The summed E-state index contributed by atoms with van der Waals surface area (Å²) in [6, 6.07) is 54.9. The van der Waals surface area contributed by atoms with Crippen molar-refractivity contribution in [2.75, 3.05) is 23.0 Å². The van der Waals surface area contributed by atoms with Gasteiger partial charge in [0.15, 0.2) is 0 Å². The normalized spacial score (nSPS) is 10.7. The minimum atomic E-state index is 0.446. The monoisotopic (exact) mass is 604 g/mol. The van der Waals surface area contributed by atoms with Crippen molar-refractivity contribution in [2.45, 2.75) is 26.7 Å². The molecule has 4 nitrogen and oxygen atoms in total. The van der Waals surface area contributed by atoms with Gasteiger partial charge in [-0.2, -0.15) is 0 Å². The number of aryl methyl sites for hydroxylation is 2. The quantitative estimate of drug-likeness (QED) is 0.122. The number of anilines is 6.